The molecule has 0 N–H and O–H groups in total. The molecule has 5 rings (SSSR count). The molecule has 0 atom stereocenters. The van der Waals surface area contributed by atoms with Gasteiger partial charge in [0.2, 0.25) is 0 Å². The Labute approximate surface area is 138 Å². The maximum Gasteiger partial charge on any atom is 0.384 e. The van der Waals surface area contributed by atoms with Gasteiger partial charge in [-0.3, -0.25) is 0 Å². The van der Waals surface area contributed by atoms with E-state index in [9.17, 15) is 0 Å². The SMILES string of the molecule is CN(C)P1Oc2cccc3c2C2(CC3)CCc3cccc(c32)O1. The summed E-state index contributed by atoms with van der Waals surface area (Å²) < 4.78 is 14.8. The summed E-state index contributed by atoms with van der Waals surface area (Å²) in [6.07, 6.45) is 4.63. The lowest BCUT2D eigenvalue weighted by atomic mass is 9.76. The first-order valence-electron chi connectivity index (χ1n) is 8.27. The summed E-state index contributed by atoms with van der Waals surface area (Å²) in [6.45, 7) is 0. The van der Waals surface area contributed by atoms with Gasteiger partial charge in [0.05, 0.1) is 0 Å². The highest BCUT2D eigenvalue weighted by Crippen LogP contribution is 2.61. The number of nitrogens with zero attached hydrogens (tertiary/aromatic N) is 1. The minimum atomic E-state index is -1.12. The summed E-state index contributed by atoms with van der Waals surface area (Å²) in [7, 11) is 2.92. The minimum absolute atomic E-state index is 0.103. The van der Waals surface area contributed by atoms with Crippen LogP contribution in [0.5, 0.6) is 11.5 Å². The lowest BCUT2D eigenvalue weighted by molar-refractivity contribution is 0.387. The zero-order chi connectivity index (χ0) is 15.6. The fraction of sp³-hybridized carbons (Fsp3) is 0.368. The third-order valence-corrected chi connectivity index (χ3v) is 6.86. The van der Waals surface area contributed by atoms with Gasteiger partial charge in [-0.1, -0.05) is 24.3 Å². The predicted octanol–water partition coefficient (Wildman–Crippen LogP) is 4.42. The first-order chi connectivity index (χ1) is 11.2. The molecule has 1 aliphatic heterocycles. The number of rotatable bonds is 1. The smallest absolute Gasteiger partial charge is 0.384 e. The van der Waals surface area contributed by atoms with Gasteiger partial charge in [-0.2, -0.15) is 0 Å². The van der Waals surface area contributed by atoms with E-state index in [-0.39, 0.29) is 5.41 Å². The Morgan fingerprint density at radius 3 is 1.87 bits per heavy atom. The average molecular weight is 325 g/mol. The van der Waals surface area contributed by atoms with Crippen molar-refractivity contribution in [2.24, 2.45) is 0 Å². The molecule has 118 valence electrons. The van der Waals surface area contributed by atoms with E-state index in [0.717, 1.165) is 24.3 Å². The third-order valence-electron chi connectivity index (χ3n) is 5.50. The molecule has 0 fully saturated rings. The van der Waals surface area contributed by atoms with E-state index in [2.05, 4.69) is 36.4 Å². The first-order valence-corrected chi connectivity index (χ1v) is 9.40. The zero-order valence-corrected chi connectivity index (χ0v) is 14.4. The van der Waals surface area contributed by atoms with Gasteiger partial charge >= 0.3 is 8.53 Å². The molecule has 0 radical (unpaired) electrons. The summed E-state index contributed by atoms with van der Waals surface area (Å²) in [6, 6.07) is 13.1. The van der Waals surface area contributed by atoms with Crippen molar-refractivity contribution in [3.05, 3.63) is 58.7 Å². The van der Waals surface area contributed by atoms with Gasteiger partial charge in [-0.25, -0.2) is 4.67 Å². The molecule has 2 aromatic rings. The molecule has 1 spiro atoms. The fourth-order valence-corrected chi connectivity index (χ4v) is 5.61. The molecule has 0 amide bonds. The molecule has 0 aromatic heterocycles. The molecule has 3 aliphatic rings. The van der Waals surface area contributed by atoms with E-state index in [1.54, 1.807) is 0 Å². The molecule has 3 nitrogen and oxygen atoms in total. The molecule has 0 saturated carbocycles. The summed E-state index contributed by atoms with van der Waals surface area (Å²) >= 11 is 0. The van der Waals surface area contributed by atoms with Crippen molar-refractivity contribution in [3.8, 4) is 11.5 Å². The van der Waals surface area contributed by atoms with Gasteiger partial charge in [0, 0.05) is 16.5 Å². The zero-order valence-electron chi connectivity index (χ0n) is 13.5. The Morgan fingerprint density at radius 1 is 0.870 bits per heavy atom. The van der Waals surface area contributed by atoms with Crippen LogP contribution in [-0.2, 0) is 18.3 Å². The van der Waals surface area contributed by atoms with Gasteiger partial charge in [-0.15, -0.1) is 0 Å². The van der Waals surface area contributed by atoms with Crippen LogP contribution in [0.3, 0.4) is 0 Å². The Kier molecular flexibility index (Phi) is 2.84. The molecular weight excluding hydrogens is 305 g/mol. The lowest BCUT2D eigenvalue weighted by Gasteiger charge is -2.35. The van der Waals surface area contributed by atoms with Crippen molar-refractivity contribution in [2.45, 2.75) is 31.1 Å². The second kappa shape index (κ2) is 4.72. The summed E-state index contributed by atoms with van der Waals surface area (Å²) in [5.74, 6) is 2.06. The number of hydrogen-bond donors (Lipinski definition) is 0. The molecule has 0 saturated heterocycles. The van der Waals surface area contributed by atoms with Crippen molar-refractivity contribution in [1.29, 1.82) is 0 Å². The highest BCUT2D eigenvalue weighted by Gasteiger charge is 2.50. The van der Waals surface area contributed by atoms with Crippen molar-refractivity contribution in [1.82, 2.24) is 4.67 Å². The Balaban J connectivity index is 1.83. The number of benzene rings is 2. The quantitative estimate of drug-likeness (QED) is 0.724. The van der Waals surface area contributed by atoms with Crippen molar-refractivity contribution in [3.63, 3.8) is 0 Å². The number of aryl methyl sites for hydroxylation is 2. The Hall–Kier alpha value is -1.57. The first kappa shape index (κ1) is 13.8. The van der Waals surface area contributed by atoms with Crippen LogP contribution < -0.4 is 9.05 Å². The van der Waals surface area contributed by atoms with E-state index < -0.39 is 8.53 Å². The lowest BCUT2D eigenvalue weighted by Crippen LogP contribution is -2.26. The van der Waals surface area contributed by atoms with Crippen molar-refractivity contribution in [2.75, 3.05) is 14.1 Å². The average Bonchev–Trinajstić information content (AvgIpc) is 3.09. The summed E-state index contributed by atoms with van der Waals surface area (Å²) in [5, 5.41) is 0. The number of hydrogen-bond acceptors (Lipinski definition) is 3. The van der Waals surface area contributed by atoms with Gasteiger partial charge in [0.25, 0.3) is 0 Å². The van der Waals surface area contributed by atoms with Crippen LogP contribution in [0.25, 0.3) is 0 Å². The molecule has 23 heavy (non-hydrogen) atoms. The van der Waals surface area contributed by atoms with E-state index >= 15 is 0 Å². The molecular formula is C19H20NO2P. The topological polar surface area (TPSA) is 21.7 Å². The molecule has 2 aromatic carbocycles. The molecule has 0 bridgehead atoms. The molecule has 4 heteroatoms. The normalized spacial score (nSPS) is 20.3. The Morgan fingerprint density at radius 2 is 1.39 bits per heavy atom. The maximum absolute atomic E-state index is 6.36. The minimum Gasteiger partial charge on any atom is -0.427 e. The van der Waals surface area contributed by atoms with Crippen LogP contribution in [-0.4, -0.2) is 18.8 Å². The fourth-order valence-electron chi connectivity index (χ4n) is 4.60. The summed E-state index contributed by atoms with van der Waals surface area (Å²) in [5.41, 5.74) is 5.89. The van der Waals surface area contributed by atoms with Crippen LogP contribution in [0.15, 0.2) is 36.4 Å². The van der Waals surface area contributed by atoms with E-state index in [4.69, 9.17) is 9.05 Å². The highest BCUT2D eigenvalue weighted by atomic mass is 31.2. The van der Waals surface area contributed by atoms with Gasteiger partial charge < -0.3 is 9.05 Å². The van der Waals surface area contributed by atoms with Crippen LogP contribution in [0, 0.1) is 0 Å². The van der Waals surface area contributed by atoms with Gasteiger partial charge in [0.1, 0.15) is 11.5 Å². The second-order valence-corrected chi connectivity index (χ2v) is 8.57. The van der Waals surface area contributed by atoms with E-state index in [0.29, 0.717) is 0 Å². The molecule has 1 heterocycles. The van der Waals surface area contributed by atoms with Crippen molar-refractivity contribution >= 4 is 8.53 Å². The van der Waals surface area contributed by atoms with Crippen LogP contribution >= 0.6 is 8.53 Å². The summed E-state index contributed by atoms with van der Waals surface area (Å²) in [4.78, 5) is 0. The predicted molar refractivity (Wildman–Crippen MR) is 92.2 cm³/mol. The molecule has 0 unspecified atom stereocenters. The van der Waals surface area contributed by atoms with E-state index in [1.165, 1.54) is 35.1 Å². The van der Waals surface area contributed by atoms with Gasteiger partial charge in [-0.05, 0) is 63.0 Å². The Bertz CT molecular complexity index is 738. The van der Waals surface area contributed by atoms with Gasteiger partial charge in [0.15, 0.2) is 0 Å². The van der Waals surface area contributed by atoms with Crippen LogP contribution in [0.4, 0.5) is 0 Å². The van der Waals surface area contributed by atoms with Crippen molar-refractivity contribution < 1.29 is 9.05 Å². The standard InChI is InChI=1S/C19H20NO2P/c1-20(2)23-21-15-7-3-5-13-9-11-19(17(13)15)12-10-14-6-4-8-16(22-23)18(14)19/h3-8H,9-12H2,1-2H3. The van der Waals surface area contributed by atoms with Crippen LogP contribution in [0.2, 0.25) is 0 Å². The monoisotopic (exact) mass is 325 g/mol. The molecule has 2 aliphatic carbocycles. The largest absolute Gasteiger partial charge is 0.427 e. The van der Waals surface area contributed by atoms with Crippen LogP contribution in [0.1, 0.15) is 35.1 Å². The van der Waals surface area contributed by atoms with E-state index in [1.807, 2.05) is 18.8 Å². The maximum atomic E-state index is 6.36. The third kappa shape index (κ3) is 1.78. The highest BCUT2D eigenvalue weighted by molar-refractivity contribution is 7.45. The second-order valence-electron chi connectivity index (χ2n) is 6.93.